The summed E-state index contributed by atoms with van der Waals surface area (Å²) in [4.78, 5) is 9.51. The molecular formula is C13H21N3S. The number of nitrogens with two attached hydrogens (primary N) is 1. The first-order chi connectivity index (χ1) is 8.17. The zero-order valence-electron chi connectivity index (χ0n) is 10.8. The van der Waals surface area contributed by atoms with E-state index in [1.54, 1.807) is 0 Å². The first kappa shape index (κ1) is 12.4. The van der Waals surface area contributed by atoms with Crippen molar-refractivity contribution in [3.05, 3.63) is 21.9 Å². The van der Waals surface area contributed by atoms with E-state index < -0.39 is 0 Å². The molecule has 0 fully saturated rings. The Labute approximate surface area is 107 Å². The molecule has 1 aromatic rings. The van der Waals surface area contributed by atoms with Crippen LogP contribution >= 0.6 is 11.3 Å². The van der Waals surface area contributed by atoms with Gasteiger partial charge >= 0.3 is 0 Å². The molecule has 94 valence electrons. The van der Waals surface area contributed by atoms with Crippen molar-refractivity contribution in [1.82, 2.24) is 4.90 Å². The number of guanidine groups is 1. The molecule has 1 aromatic heterocycles. The van der Waals surface area contributed by atoms with Gasteiger partial charge in [-0.05, 0) is 31.9 Å². The summed E-state index contributed by atoms with van der Waals surface area (Å²) in [5.41, 5.74) is 6.00. The van der Waals surface area contributed by atoms with Gasteiger partial charge in [-0.3, -0.25) is 4.99 Å². The van der Waals surface area contributed by atoms with Crippen LogP contribution in [0.1, 0.15) is 43.0 Å². The largest absolute Gasteiger partial charge is 0.370 e. The molecule has 2 atom stereocenters. The molecule has 2 N–H and O–H groups in total. The molecular weight excluding hydrogens is 230 g/mol. The van der Waals surface area contributed by atoms with Crippen LogP contribution in [0.2, 0.25) is 0 Å². The Morgan fingerprint density at radius 3 is 2.88 bits per heavy atom. The summed E-state index contributed by atoms with van der Waals surface area (Å²) in [5, 5.41) is 0. The average Bonchev–Trinajstić information content (AvgIpc) is 2.94. The highest BCUT2D eigenvalue weighted by atomic mass is 32.1. The van der Waals surface area contributed by atoms with Gasteiger partial charge in [0, 0.05) is 15.8 Å². The summed E-state index contributed by atoms with van der Waals surface area (Å²) in [6, 6.07) is 5.27. The molecule has 4 heteroatoms. The Balaban J connectivity index is 2.21. The lowest BCUT2D eigenvalue weighted by atomic mass is 10.1. The van der Waals surface area contributed by atoms with Crippen LogP contribution < -0.4 is 5.73 Å². The maximum Gasteiger partial charge on any atom is 0.192 e. The average molecular weight is 251 g/mol. The Hall–Kier alpha value is -1.03. The summed E-state index contributed by atoms with van der Waals surface area (Å²) in [6.07, 6.45) is 2.20. The van der Waals surface area contributed by atoms with E-state index >= 15 is 0 Å². The fourth-order valence-corrected chi connectivity index (χ4v) is 3.27. The van der Waals surface area contributed by atoms with E-state index in [1.807, 2.05) is 11.3 Å². The Bertz CT molecular complexity index is 411. The fourth-order valence-electron chi connectivity index (χ4n) is 2.23. The van der Waals surface area contributed by atoms with Crippen LogP contribution in [0.5, 0.6) is 0 Å². The number of hydrogen-bond acceptors (Lipinski definition) is 4. The van der Waals surface area contributed by atoms with Crippen molar-refractivity contribution in [2.45, 2.75) is 45.7 Å². The molecule has 0 radical (unpaired) electrons. The maximum absolute atomic E-state index is 6.00. The monoisotopic (exact) mass is 251 g/mol. The third-order valence-electron chi connectivity index (χ3n) is 3.45. The predicted molar refractivity (Wildman–Crippen MR) is 74.5 cm³/mol. The second-order valence-electron chi connectivity index (χ2n) is 4.54. The molecule has 0 aromatic carbocycles. The predicted octanol–water partition coefficient (Wildman–Crippen LogP) is 2.78. The lowest BCUT2D eigenvalue weighted by Gasteiger charge is -2.31. The first-order valence-electron chi connectivity index (χ1n) is 6.34. The van der Waals surface area contributed by atoms with Crippen molar-refractivity contribution in [3.8, 4) is 0 Å². The van der Waals surface area contributed by atoms with E-state index in [0.717, 1.165) is 19.4 Å². The second-order valence-corrected chi connectivity index (χ2v) is 5.74. The molecule has 2 heterocycles. The lowest BCUT2D eigenvalue weighted by molar-refractivity contribution is 0.271. The number of rotatable bonds is 4. The van der Waals surface area contributed by atoms with E-state index in [-0.39, 0.29) is 0 Å². The van der Waals surface area contributed by atoms with E-state index in [4.69, 9.17) is 5.73 Å². The Morgan fingerprint density at radius 2 is 2.29 bits per heavy atom. The van der Waals surface area contributed by atoms with Gasteiger partial charge in [-0.25, -0.2) is 0 Å². The minimum atomic E-state index is 0.357. The molecule has 17 heavy (non-hydrogen) atoms. The highest BCUT2D eigenvalue weighted by molar-refractivity contribution is 7.12. The molecule has 0 amide bonds. The molecule has 0 saturated carbocycles. The highest BCUT2D eigenvalue weighted by Gasteiger charge is 2.31. The summed E-state index contributed by atoms with van der Waals surface area (Å²) in [5.74, 6) is 0.704. The van der Waals surface area contributed by atoms with Gasteiger partial charge in [0.25, 0.3) is 0 Å². The summed E-state index contributed by atoms with van der Waals surface area (Å²) < 4.78 is 0. The van der Waals surface area contributed by atoms with Crippen LogP contribution in [0.3, 0.4) is 0 Å². The van der Waals surface area contributed by atoms with Crippen molar-refractivity contribution in [2.75, 3.05) is 6.54 Å². The standard InChI is InChI=1S/C13H21N3S/c1-4-9(3)16-11(8-15-13(16)14)12-7-6-10(5-2)17-12/h6-7,9,11H,4-5,8H2,1-3H3,(H2,14,15). The Kier molecular flexibility index (Phi) is 3.72. The van der Waals surface area contributed by atoms with Gasteiger partial charge in [0.2, 0.25) is 0 Å². The summed E-state index contributed by atoms with van der Waals surface area (Å²) in [6.45, 7) is 7.41. The third kappa shape index (κ3) is 2.32. The molecule has 0 bridgehead atoms. The maximum atomic E-state index is 6.00. The number of aryl methyl sites for hydroxylation is 1. The van der Waals surface area contributed by atoms with Crippen LogP contribution in [-0.4, -0.2) is 23.4 Å². The molecule has 1 aliphatic heterocycles. The topological polar surface area (TPSA) is 41.6 Å². The van der Waals surface area contributed by atoms with Crippen LogP contribution in [0.4, 0.5) is 0 Å². The van der Waals surface area contributed by atoms with Gasteiger partial charge in [0.05, 0.1) is 12.6 Å². The number of aliphatic imine (C=N–C) groups is 1. The molecule has 3 nitrogen and oxygen atoms in total. The van der Waals surface area contributed by atoms with Gasteiger partial charge < -0.3 is 10.6 Å². The number of thiophene rings is 1. The lowest BCUT2D eigenvalue weighted by Crippen LogP contribution is -2.41. The first-order valence-corrected chi connectivity index (χ1v) is 7.15. The molecule has 0 spiro atoms. The van der Waals surface area contributed by atoms with Gasteiger partial charge in [-0.15, -0.1) is 11.3 Å². The molecule has 1 aliphatic rings. The molecule has 0 saturated heterocycles. The number of nitrogens with zero attached hydrogens (tertiary/aromatic N) is 2. The highest BCUT2D eigenvalue weighted by Crippen LogP contribution is 2.33. The van der Waals surface area contributed by atoms with Crippen LogP contribution in [-0.2, 0) is 6.42 Å². The van der Waals surface area contributed by atoms with Crippen molar-refractivity contribution in [3.63, 3.8) is 0 Å². The smallest absolute Gasteiger partial charge is 0.192 e. The molecule has 2 rings (SSSR count). The van der Waals surface area contributed by atoms with Gasteiger partial charge in [-0.2, -0.15) is 0 Å². The van der Waals surface area contributed by atoms with E-state index in [9.17, 15) is 0 Å². The van der Waals surface area contributed by atoms with Gasteiger partial charge in [-0.1, -0.05) is 13.8 Å². The van der Waals surface area contributed by atoms with Gasteiger partial charge in [0.1, 0.15) is 0 Å². The SMILES string of the molecule is CCc1ccc(C2CN=C(N)N2C(C)CC)s1. The zero-order valence-corrected chi connectivity index (χ0v) is 11.6. The van der Waals surface area contributed by atoms with E-state index in [1.165, 1.54) is 9.75 Å². The second kappa shape index (κ2) is 5.08. The van der Waals surface area contributed by atoms with Crippen LogP contribution in [0.25, 0.3) is 0 Å². The van der Waals surface area contributed by atoms with E-state index in [0.29, 0.717) is 18.0 Å². The van der Waals surface area contributed by atoms with Crippen molar-refractivity contribution in [2.24, 2.45) is 10.7 Å². The van der Waals surface area contributed by atoms with Crippen LogP contribution in [0.15, 0.2) is 17.1 Å². The van der Waals surface area contributed by atoms with Crippen molar-refractivity contribution < 1.29 is 0 Å². The zero-order chi connectivity index (χ0) is 12.4. The van der Waals surface area contributed by atoms with Crippen molar-refractivity contribution >= 4 is 17.3 Å². The number of hydrogen-bond donors (Lipinski definition) is 1. The molecule has 0 aliphatic carbocycles. The molecule has 2 unspecified atom stereocenters. The van der Waals surface area contributed by atoms with E-state index in [2.05, 4.69) is 42.8 Å². The van der Waals surface area contributed by atoms with Crippen molar-refractivity contribution in [1.29, 1.82) is 0 Å². The normalized spacial score (nSPS) is 21.7. The summed E-state index contributed by atoms with van der Waals surface area (Å²) in [7, 11) is 0. The third-order valence-corrected chi connectivity index (χ3v) is 4.78. The summed E-state index contributed by atoms with van der Waals surface area (Å²) >= 11 is 1.89. The minimum absolute atomic E-state index is 0.357. The van der Waals surface area contributed by atoms with Crippen LogP contribution in [0, 0.1) is 0 Å². The fraction of sp³-hybridized carbons (Fsp3) is 0.615. The minimum Gasteiger partial charge on any atom is -0.370 e. The quantitative estimate of drug-likeness (QED) is 0.894. The van der Waals surface area contributed by atoms with Gasteiger partial charge in [0.15, 0.2) is 5.96 Å². The Morgan fingerprint density at radius 1 is 1.53 bits per heavy atom.